The van der Waals surface area contributed by atoms with Gasteiger partial charge in [-0.1, -0.05) is 0 Å². The van der Waals surface area contributed by atoms with Gasteiger partial charge in [0.2, 0.25) is 0 Å². The van der Waals surface area contributed by atoms with Crippen molar-refractivity contribution in [3.05, 3.63) is 35.0 Å². The summed E-state index contributed by atoms with van der Waals surface area (Å²) in [6.07, 6.45) is 1.89. The number of hydrogen-bond donors (Lipinski definition) is 2. The van der Waals surface area contributed by atoms with Crippen LogP contribution in [0.15, 0.2) is 18.2 Å². The van der Waals surface area contributed by atoms with E-state index in [1.807, 2.05) is 30.0 Å². The molecule has 2 aliphatic heterocycles. The Morgan fingerprint density at radius 1 is 1.42 bits per heavy atom. The fraction of sp³-hybridized carbons (Fsp3) is 0.526. The summed E-state index contributed by atoms with van der Waals surface area (Å²) in [5.74, 6) is 0.0249. The molecule has 128 valence electrons. The summed E-state index contributed by atoms with van der Waals surface area (Å²) in [5, 5.41) is 11.4. The van der Waals surface area contributed by atoms with Gasteiger partial charge in [0.1, 0.15) is 5.60 Å². The number of piperidine rings is 1. The molecule has 1 aromatic heterocycles. The van der Waals surface area contributed by atoms with Crippen molar-refractivity contribution in [3.8, 4) is 0 Å². The SMILES string of the molecule is Cc1[nH]c2ccc(C(=O)N3CC[C@H](O)[C@]4(CCCO4)C3)cc2c1C. The molecule has 2 atom stereocenters. The van der Waals surface area contributed by atoms with Crippen LogP contribution in [0.3, 0.4) is 0 Å². The van der Waals surface area contributed by atoms with Crippen LogP contribution < -0.4 is 0 Å². The summed E-state index contributed by atoms with van der Waals surface area (Å²) in [6.45, 7) is 5.85. The van der Waals surface area contributed by atoms with E-state index in [2.05, 4.69) is 11.9 Å². The maximum Gasteiger partial charge on any atom is 0.253 e. The number of nitrogens with zero attached hydrogens (tertiary/aromatic N) is 1. The fourth-order valence-electron chi connectivity index (χ4n) is 4.11. The number of aryl methyl sites for hydroxylation is 2. The first-order valence-electron chi connectivity index (χ1n) is 8.70. The first-order valence-corrected chi connectivity index (χ1v) is 8.70. The van der Waals surface area contributed by atoms with E-state index >= 15 is 0 Å². The number of aromatic amines is 1. The molecule has 0 radical (unpaired) electrons. The van der Waals surface area contributed by atoms with Crippen molar-refractivity contribution in [2.24, 2.45) is 0 Å². The summed E-state index contributed by atoms with van der Waals surface area (Å²) in [7, 11) is 0. The van der Waals surface area contributed by atoms with Crippen LogP contribution >= 0.6 is 0 Å². The summed E-state index contributed by atoms with van der Waals surface area (Å²) < 4.78 is 5.85. The van der Waals surface area contributed by atoms with Crippen molar-refractivity contribution in [2.75, 3.05) is 19.7 Å². The zero-order valence-corrected chi connectivity index (χ0v) is 14.3. The molecular weight excluding hydrogens is 304 g/mol. The lowest BCUT2D eigenvalue weighted by Gasteiger charge is -2.43. The molecule has 24 heavy (non-hydrogen) atoms. The number of amides is 1. The number of fused-ring (bicyclic) bond motifs is 1. The number of rotatable bonds is 1. The van der Waals surface area contributed by atoms with Crippen LogP contribution in [0.1, 0.15) is 40.9 Å². The molecule has 2 aromatic rings. The monoisotopic (exact) mass is 328 g/mol. The minimum absolute atomic E-state index is 0.0249. The topological polar surface area (TPSA) is 65.6 Å². The normalized spacial score (nSPS) is 27.3. The number of H-pyrrole nitrogens is 1. The molecule has 2 fully saturated rings. The van der Waals surface area contributed by atoms with Crippen LogP contribution in [0.5, 0.6) is 0 Å². The second kappa shape index (κ2) is 5.60. The Hall–Kier alpha value is -1.85. The number of carbonyl (C=O) groups excluding carboxylic acids is 1. The number of likely N-dealkylation sites (tertiary alicyclic amines) is 1. The van der Waals surface area contributed by atoms with Gasteiger partial charge in [0.05, 0.1) is 12.6 Å². The van der Waals surface area contributed by atoms with Crippen molar-refractivity contribution in [2.45, 2.75) is 44.8 Å². The summed E-state index contributed by atoms with van der Waals surface area (Å²) in [6, 6.07) is 5.83. The van der Waals surface area contributed by atoms with E-state index in [1.165, 1.54) is 5.56 Å². The summed E-state index contributed by atoms with van der Waals surface area (Å²) in [5.41, 5.74) is 3.53. The third-order valence-corrected chi connectivity index (χ3v) is 5.71. The average Bonchev–Trinajstić information content (AvgIpc) is 3.16. The van der Waals surface area contributed by atoms with Gasteiger partial charge in [-0.3, -0.25) is 4.79 Å². The Balaban J connectivity index is 1.62. The molecule has 0 saturated carbocycles. The van der Waals surface area contributed by atoms with Crippen LogP contribution in [-0.4, -0.2) is 52.3 Å². The third kappa shape index (κ3) is 2.34. The maximum atomic E-state index is 13.0. The second-order valence-corrected chi connectivity index (χ2v) is 7.18. The largest absolute Gasteiger partial charge is 0.390 e. The third-order valence-electron chi connectivity index (χ3n) is 5.71. The van der Waals surface area contributed by atoms with E-state index in [0.717, 1.165) is 29.4 Å². The fourth-order valence-corrected chi connectivity index (χ4v) is 4.11. The van der Waals surface area contributed by atoms with Crippen molar-refractivity contribution >= 4 is 16.8 Å². The van der Waals surface area contributed by atoms with Gasteiger partial charge < -0.3 is 19.7 Å². The molecule has 2 N–H and O–H groups in total. The van der Waals surface area contributed by atoms with Crippen molar-refractivity contribution in [1.82, 2.24) is 9.88 Å². The van der Waals surface area contributed by atoms with E-state index in [9.17, 15) is 9.90 Å². The molecular formula is C19H24N2O3. The predicted molar refractivity (Wildman–Crippen MR) is 92.2 cm³/mol. The highest BCUT2D eigenvalue weighted by Crippen LogP contribution is 2.35. The van der Waals surface area contributed by atoms with Gasteiger partial charge >= 0.3 is 0 Å². The molecule has 1 aromatic carbocycles. The van der Waals surface area contributed by atoms with E-state index < -0.39 is 11.7 Å². The van der Waals surface area contributed by atoms with Crippen LogP contribution in [0.2, 0.25) is 0 Å². The van der Waals surface area contributed by atoms with E-state index in [1.54, 1.807) is 0 Å². The van der Waals surface area contributed by atoms with Gasteiger partial charge in [0, 0.05) is 35.3 Å². The Kier molecular flexibility index (Phi) is 3.66. The van der Waals surface area contributed by atoms with Gasteiger partial charge in [-0.15, -0.1) is 0 Å². The van der Waals surface area contributed by atoms with E-state index in [0.29, 0.717) is 31.7 Å². The lowest BCUT2D eigenvalue weighted by atomic mass is 9.86. The summed E-state index contributed by atoms with van der Waals surface area (Å²) in [4.78, 5) is 18.2. The van der Waals surface area contributed by atoms with Crippen molar-refractivity contribution in [3.63, 3.8) is 0 Å². The molecule has 4 rings (SSSR count). The van der Waals surface area contributed by atoms with Gasteiger partial charge in [0.25, 0.3) is 5.91 Å². The minimum atomic E-state index is -0.557. The molecule has 3 heterocycles. The molecule has 0 unspecified atom stereocenters. The Morgan fingerprint density at radius 3 is 3.00 bits per heavy atom. The number of aliphatic hydroxyl groups is 1. The van der Waals surface area contributed by atoms with Crippen LogP contribution in [0.4, 0.5) is 0 Å². The predicted octanol–water partition coefficient (Wildman–Crippen LogP) is 2.54. The lowest BCUT2D eigenvalue weighted by molar-refractivity contribution is -0.124. The average molecular weight is 328 g/mol. The standard InChI is InChI=1S/C19H24N2O3/c1-12-13(2)20-16-5-4-14(10-15(12)16)18(23)21-8-6-17(22)19(11-21)7-3-9-24-19/h4-5,10,17,20,22H,3,6-9,11H2,1-2H3/t17-,19-/m0/s1. The Morgan fingerprint density at radius 2 is 2.25 bits per heavy atom. The zero-order valence-electron chi connectivity index (χ0n) is 14.3. The number of hydrogen-bond acceptors (Lipinski definition) is 3. The maximum absolute atomic E-state index is 13.0. The molecule has 0 bridgehead atoms. The molecule has 2 aliphatic rings. The highest BCUT2D eigenvalue weighted by atomic mass is 16.5. The highest BCUT2D eigenvalue weighted by Gasteiger charge is 2.47. The Labute approximate surface area is 141 Å². The smallest absolute Gasteiger partial charge is 0.253 e. The minimum Gasteiger partial charge on any atom is -0.390 e. The highest BCUT2D eigenvalue weighted by molar-refractivity contribution is 5.99. The molecule has 5 heteroatoms. The summed E-state index contributed by atoms with van der Waals surface area (Å²) >= 11 is 0. The number of aliphatic hydroxyl groups excluding tert-OH is 1. The molecule has 0 aliphatic carbocycles. The van der Waals surface area contributed by atoms with E-state index in [4.69, 9.17) is 4.74 Å². The number of nitrogens with one attached hydrogen (secondary N) is 1. The first kappa shape index (κ1) is 15.7. The van der Waals surface area contributed by atoms with Crippen molar-refractivity contribution < 1.29 is 14.6 Å². The number of benzene rings is 1. The second-order valence-electron chi connectivity index (χ2n) is 7.18. The number of ether oxygens (including phenoxy) is 1. The number of carbonyl (C=O) groups is 1. The van der Waals surface area contributed by atoms with E-state index in [-0.39, 0.29) is 5.91 Å². The zero-order chi connectivity index (χ0) is 16.9. The molecule has 5 nitrogen and oxygen atoms in total. The van der Waals surface area contributed by atoms with Crippen LogP contribution in [-0.2, 0) is 4.74 Å². The van der Waals surface area contributed by atoms with Crippen molar-refractivity contribution in [1.29, 1.82) is 0 Å². The quantitative estimate of drug-likeness (QED) is 0.845. The molecule has 1 spiro atoms. The van der Waals surface area contributed by atoms with Gasteiger partial charge in [0.15, 0.2) is 0 Å². The van der Waals surface area contributed by atoms with Gasteiger partial charge in [-0.05, 0) is 56.9 Å². The van der Waals surface area contributed by atoms with Gasteiger partial charge in [-0.2, -0.15) is 0 Å². The molecule has 2 saturated heterocycles. The Bertz CT molecular complexity index is 789. The first-order chi connectivity index (χ1) is 11.5. The van der Waals surface area contributed by atoms with Gasteiger partial charge in [-0.25, -0.2) is 0 Å². The number of aromatic nitrogens is 1. The van der Waals surface area contributed by atoms with Crippen LogP contribution in [0.25, 0.3) is 10.9 Å². The lowest BCUT2D eigenvalue weighted by Crippen LogP contribution is -2.57. The molecule has 1 amide bonds. The van der Waals surface area contributed by atoms with Crippen LogP contribution in [0, 0.1) is 13.8 Å².